The monoisotopic (exact) mass is 527 g/mol. The van der Waals surface area contributed by atoms with E-state index >= 15 is 0 Å². The predicted molar refractivity (Wildman–Crippen MR) is 133 cm³/mol. The van der Waals surface area contributed by atoms with Crippen molar-refractivity contribution in [1.29, 1.82) is 0 Å². The van der Waals surface area contributed by atoms with Crippen LogP contribution in [0.25, 0.3) is 5.76 Å². The molecule has 1 unspecified atom stereocenters. The Morgan fingerprint density at radius 2 is 1.47 bits per heavy atom. The summed E-state index contributed by atoms with van der Waals surface area (Å²) in [6.07, 6.45) is -4.89. The molecule has 0 spiro atoms. The van der Waals surface area contributed by atoms with Gasteiger partial charge in [0.2, 0.25) is 0 Å². The topological polar surface area (TPSA) is 85.3 Å². The molecule has 0 radical (unpaired) electrons. The maximum atomic E-state index is 13.4. The first-order valence-electron chi connectivity index (χ1n) is 11.4. The van der Waals surface area contributed by atoms with Crippen LogP contribution in [-0.2, 0) is 9.59 Å². The van der Waals surface area contributed by atoms with Crippen molar-refractivity contribution in [2.45, 2.75) is 26.3 Å². The second kappa shape index (κ2) is 10.1. The van der Waals surface area contributed by atoms with E-state index in [1.54, 1.807) is 50.2 Å². The molecule has 7 nitrogen and oxygen atoms in total. The normalized spacial score (nSPS) is 17.0. The number of halogens is 3. The number of rotatable bonds is 6. The molecule has 1 aliphatic rings. The molecule has 198 valence electrons. The summed E-state index contributed by atoms with van der Waals surface area (Å²) >= 11 is 0. The van der Waals surface area contributed by atoms with Gasteiger partial charge in [0.1, 0.15) is 23.0 Å². The lowest BCUT2D eigenvalue weighted by Gasteiger charge is -2.26. The van der Waals surface area contributed by atoms with Crippen LogP contribution < -0.4 is 19.1 Å². The molecule has 0 aromatic heterocycles. The first-order valence-corrected chi connectivity index (χ1v) is 11.4. The van der Waals surface area contributed by atoms with E-state index in [1.807, 2.05) is 0 Å². The Morgan fingerprint density at radius 3 is 2.03 bits per heavy atom. The maximum absolute atomic E-state index is 13.4. The molecule has 0 saturated carbocycles. The fourth-order valence-corrected chi connectivity index (χ4v) is 4.42. The highest BCUT2D eigenvalue weighted by molar-refractivity contribution is 6.51. The molecule has 4 rings (SSSR count). The van der Waals surface area contributed by atoms with E-state index in [1.165, 1.54) is 26.4 Å². The number of ketones is 1. The number of amides is 1. The number of hydrogen-bond acceptors (Lipinski definition) is 6. The first-order chi connectivity index (χ1) is 17.9. The summed E-state index contributed by atoms with van der Waals surface area (Å²) in [6.45, 7) is 3.51. The van der Waals surface area contributed by atoms with Gasteiger partial charge in [0.25, 0.3) is 11.7 Å². The molecule has 1 saturated heterocycles. The van der Waals surface area contributed by atoms with Gasteiger partial charge in [-0.3, -0.25) is 14.5 Å². The van der Waals surface area contributed by atoms with Crippen molar-refractivity contribution >= 4 is 23.1 Å². The summed E-state index contributed by atoms with van der Waals surface area (Å²) in [6, 6.07) is 13.4. The molecule has 1 atom stereocenters. The van der Waals surface area contributed by atoms with Crippen molar-refractivity contribution in [1.82, 2.24) is 0 Å². The predicted octanol–water partition coefficient (Wildman–Crippen LogP) is 5.85. The Kier molecular flexibility index (Phi) is 7.08. The third-order valence-electron chi connectivity index (χ3n) is 6.22. The number of methoxy groups -OCH3 is 2. The number of benzene rings is 3. The molecule has 1 aliphatic heterocycles. The van der Waals surface area contributed by atoms with E-state index in [0.717, 1.165) is 17.0 Å². The Balaban J connectivity index is 1.89. The van der Waals surface area contributed by atoms with Gasteiger partial charge < -0.3 is 19.3 Å². The van der Waals surface area contributed by atoms with Crippen molar-refractivity contribution in [3.63, 3.8) is 0 Å². The van der Waals surface area contributed by atoms with E-state index in [0.29, 0.717) is 33.8 Å². The third-order valence-corrected chi connectivity index (χ3v) is 6.22. The molecule has 1 N–H and O–H groups in total. The lowest BCUT2D eigenvalue weighted by atomic mass is 9.93. The minimum absolute atomic E-state index is 0.143. The van der Waals surface area contributed by atoms with Crippen LogP contribution in [0.15, 0.2) is 66.2 Å². The van der Waals surface area contributed by atoms with Gasteiger partial charge in [0.15, 0.2) is 0 Å². The van der Waals surface area contributed by atoms with Gasteiger partial charge >= 0.3 is 6.36 Å². The van der Waals surface area contributed by atoms with Gasteiger partial charge in [-0.1, -0.05) is 12.1 Å². The fourth-order valence-electron chi connectivity index (χ4n) is 4.42. The van der Waals surface area contributed by atoms with Gasteiger partial charge in [0.05, 0.1) is 25.8 Å². The number of anilines is 1. The molecule has 3 aromatic rings. The van der Waals surface area contributed by atoms with E-state index in [-0.39, 0.29) is 17.0 Å². The highest BCUT2D eigenvalue weighted by Gasteiger charge is 2.47. The summed E-state index contributed by atoms with van der Waals surface area (Å²) in [4.78, 5) is 27.8. The average Bonchev–Trinajstić information content (AvgIpc) is 3.14. The smallest absolute Gasteiger partial charge is 0.507 e. The molecule has 1 amide bonds. The molecule has 3 aromatic carbocycles. The summed E-state index contributed by atoms with van der Waals surface area (Å²) in [5.74, 6) is -1.63. The third kappa shape index (κ3) is 5.02. The minimum Gasteiger partial charge on any atom is -0.507 e. The molecular formula is C28H24F3NO6. The zero-order valence-corrected chi connectivity index (χ0v) is 20.9. The van der Waals surface area contributed by atoms with E-state index in [4.69, 9.17) is 9.47 Å². The Labute approximate surface area is 216 Å². The van der Waals surface area contributed by atoms with E-state index in [2.05, 4.69) is 4.74 Å². The number of nitrogens with zero attached hydrogens (tertiary/aromatic N) is 1. The molecular weight excluding hydrogens is 503 g/mol. The number of aliphatic hydroxyl groups excluding tert-OH is 1. The van der Waals surface area contributed by atoms with Crippen LogP contribution in [0.2, 0.25) is 0 Å². The fraction of sp³-hybridized carbons (Fsp3) is 0.214. The Hall–Kier alpha value is -4.47. The minimum atomic E-state index is -4.89. The number of aliphatic hydroxyl groups is 1. The molecule has 10 heteroatoms. The number of carbonyl (C=O) groups excluding carboxylic acids is 2. The molecule has 0 bridgehead atoms. The maximum Gasteiger partial charge on any atom is 0.573 e. The quantitative estimate of drug-likeness (QED) is 0.246. The lowest BCUT2D eigenvalue weighted by Crippen LogP contribution is -2.29. The van der Waals surface area contributed by atoms with E-state index < -0.39 is 29.8 Å². The van der Waals surface area contributed by atoms with Gasteiger partial charge in [-0.05, 0) is 79.1 Å². The SMILES string of the molecule is COc1ccc(C2/C(=C(\O)c3cc(C)c(OC)cc3C)C(=O)C(=O)N2c2ccc(OC(F)(F)F)cc2)cc1. The Bertz CT molecular complexity index is 1410. The van der Waals surface area contributed by atoms with Crippen molar-refractivity contribution in [2.24, 2.45) is 0 Å². The van der Waals surface area contributed by atoms with Crippen molar-refractivity contribution in [2.75, 3.05) is 19.1 Å². The van der Waals surface area contributed by atoms with Gasteiger partial charge in [-0.15, -0.1) is 13.2 Å². The highest BCUT2D eigenvalue weighted by Crippen LogP contribution is 2.43. The van der Waals surface area contributed by atoms with Crippen LogP contribution in [0.1, 0.15) is 28.3 Å². The number of carbonyl (C=O) groups is 2. The lowest BCUT2D eigenvalue weighted by molar-refractivity contribution is -0.274. The van der Waals surface area contributed by atoms with Gasteiger partial charge in [-0.25, -0.2) is 0 Å². The van der Waals surface area contributed by atoms with E-state index in [9.17, 15) is 27.9 Å². The average molecular weight is 527 g/mol. The zero-order valence-electron chi connectivity index (χ0n) is 20.9. The van der Waals surface area contributed by atoms with Gasteiger partial charge in [-0.2, -0.15) is 0 Å². The van der Waals surface area contributed by atoms with Crippen LogP contribution >= 0.6 is 0 Å². The van der Waals surface area contributed by atoms with Crippen LogP contribution in [-0.4, -0.2) is 37.4 Å². The number of ether oxygens (including phenoxy) is 3. The summed E-state index contributed by atoms with van der Waals surface area (Å²) in [5.41, 5.74) is 2.11. The Morgan fingerprint density at radius 1 is 0.868 bits per heavy atom. The molecule has 1 fully saturated rings. The van der Waals surface area contributed by atoms with Crippen molar-refractivity contribution in [3.05, 3.63) is 88.5 Å². The standard InChI is InChI=1S/C28H24F3NO6/c1-15-14-22(37-4)16(2)13-21(15)25(33)23-24(17-5-9-19(36-3)10-6-17)32(27(35)26(23)34)18-7-11-20(12-8-18)38-28(29,30)31/h5-14,24,33H,1-4H3/b25-23+. The van der Waals surface area contributed by atoms with Crippen LogP contribution in [0.3, 0.4) is 0 Å². The van der Waals surface area contributed by atoms with Crippen molar-refractivity contribution in [3.8, 4) is 17.2 Å². The first kappa shape index (κ1) is 26.6. The molecule has 38 heavy (non-hydrogen) atoms. The molecule has 1 heterocycles. The number of alkyl halides is 3. The number of Topliss-reactive ketones (excluding diaryl/α,β-unsaturated/α-hetero) is 1. The number of aryl methyl sites for hydroxylation is 2. The van der Waals surface area contributed by atoms with Gasteiger partial charge in [0, 0.05) is 11.3 Å². The van der Waals surface area contributed by atoms with Crippen LogP contribution in [0.4, 0.5) is 18.9 Å². The van der Waals surface area contributed by atoms with Crippen LogP contribution in [0.5, 0.6) is 17.2 Å². The summed E-state index contributed by atoms with van der Waals surface area (Å²) < 4.78 is 52.3. The summed E-state index contributed by atoms with van der Waals surface area (Å²) in [7, 11) is 3.00. The zero-order chi connectivity index (χ0) is 27.8. The molecule has 0 aliphatic carbocycles. The number of hydrogen-bond donors (Lipinski definition) is 1. The largest absolute Gasteiger partial charge is 0.573 e. The van der Waals surface area contributed by atoms with Crippen LogP contribution in [0, 0.1) is 13.8 Å². The highest BCUT2D eigenvalue weighted by atomic mass is 19.4. The second-order valence-corrected chi connectivity index (χ2v) is 8.62. The van der Waals surface area contributed by atoms with Crippen molar-refractivity contribution < 1.29 is 42.1 Å². The second-order valence-electron chi connectivity index (χ2n) is 8.62. The summed E-state index contributed by atoms with van der Waals surface area (Å²) in [5, 5.41) is 11.4.